The minimum absolute atomic E-state index is 0.0363. The minimum atomic E-state index is 0.0363. The van der Waals surface area contributed by atoms with Crippen LogP contribution in [0.4, 0.5) is 0 Å². The number of hydrogen-bond donors (Lipinski definition) is 0. The fourth-order valence-electron chi connectivity index (χ4n) is 1.40. The SMILES string of the molecule is CC(C)(C)c1cc(Br)nn1C(C)(C)C. The van der Waals surface area contributed by atoms with E-state index < -0.39 is 0 Å². The summed E-state index contributed by atoms with van der Waals surface area (Å²) in [7, 11) is 0. The van der Waals surface area contributed by atoms with Crippen LogP contribution >= 0.6 is 15.9 Å². The van der Waals surface area contributed by atoms with E-state index in [0.717, 1.165) is 4.60 Å². The predicted molar refractivity (Wildman–Crippen MR) is 63.6 cm³/mol. The molecule has 0 spiro atoms. The topological polar surface area (TPSA) is 17.8 Å². The number of halogens is 1. The fourth-order valence-corrected chi connectivity index (χ4v) is 1.77. The largest absolute Gasteiger partial charge is 0.263 e. The number of nitrogens with zero attached hydrogens (tertiary/aromatic N) is 2. The highest BCUT2D eigenvalue weighted by atomic mass is 79.9. The summed E-state index contributed by atoms with van der Waals surface area (Å²) in [5, 5.41) is 4.48. The van der Waals surface area contributed by atoms with Crippen molar-refractivity contribution in [3.05, 3.63) is 16.4 Å². The second kappa shape index (κ2) is 3.37. The van der Waals surface area contributed by atoms with Crippen LogP contribution in [0.15, 0.2) is 10.7 Å². The van der Waals surface area contributed by atoms with Crippen LogP contribution in [-0.4, -0.2) is 9.78 Å². The normalized spacial score (nSPS) is 13.4. The lowest BCUT2D eigenvalue weighted by atomic mass is 9.91. The van der Waals surface area contributed by atoms with Gasteiger partial charge in [0.2, 0.25) is 0 Å². The first kappa shape index (κ1) is 11.8. The lowest BCUT2D eigenvalue weighted by Crippen LogP contribution is -2.29. The second-order valence-corrected chi connectivity index (χ2v) is 6.50. The van der Waals surface area contributed by atoms with Crippen LogP contribution in [0.5, 0.6) is 0 Å². The van der Waals surface area contributed by atoms with Crippen molar-refractivity contribution in [2.45, 2.75) is 52.5 Å². The molecule has 0 aliphatic rings. The van der Waals surface area contributed by atoms with Crippen LogP contribution in [-0.2, 0) is 11.0 Å². The lowest BCUT2D eigenvalue weighted by molar-refractivity contribution is 0.321. The van der Waals surface area contributed by atoms with Crippen molar-refractivity contribution in [3.63, 3.8) is 0 Å². The smallest absolute Gasteiger partial charge is 0.128 e. The molecule has 0 amide bonds. The molecule has 0 aliphatic heterocycles. The molecule has 1 aromatic heterocycles. The molecule has 0 saturated heterocycles. The lowest BCUT2D eigenvalue weighted by Gasteiger charge is -2.28. The van der Waals surface area contributed by atoms with Crippen molar-refractivity contribution in [1.29, 1.82) is 0 Å². The van der Waals surface area contributed by atoms with Gasteiger partial charge in [-0.15, -0.1) is 0 Å². The molecule has 80 valence electrons. The molecule has 0 radical (unpaired) electrons. The Bertz CT molecular complexity index is 295. The Morgan fingerprint density at radius 3 is 1.93 bits per heavy atom. The summed E-state index contributed by atoms with van der Waals surface area (Å²) in [6.45, 7) is 13.1. The zero-order chi connectivity index (χ0) is 11.1. The Morgan fingerprint density at radius 2 is 1.64 bits per heavy atom. The first-order valence-corrected chi connectivity index (χ1v) is 5.68. The average molecular weight is 259 g/mol. The van der Waals surface area contributed by atoms with Gasteiger partial charge in [0.25, 0.3) is 0 Å². The van der Waals surface area contributed by atoms with Gasteiger partial charge in [-0.25, -0.2) is 0 Å². The summed E-state index contributed by atoms with van der Waals surface area (Å²) >= 11 is 3.44. The van der Waals surface area contributed by atoms with Crippen molar-refractivity contribution in [2.24, 2.45) is 0 Å². The van der Waals surface area contributed by atoms with E-state index >= 15 is 0 Å². The standard InChI is InChI=1S/C11H19BrN2/c1-10(2,3)8-7-9(12)13-14(8)11(4,5)6/h7H,1-6H3. The van der Waals surface area contributed by atoms with E-state index in [-0.39, 0.29) is 11.0 Å². The van der Waals surface area contributed by atoms with Gasteiger partial charge < -0.3 is 0 Å². The van der Waals surface area contributed by atoms with Crippen molar-refractivity contribution in [3.8, 4) is 0 Å². The summed E-state index contributed by atoms with van der Waals surface area (Å²) in [5.74, 6) is 0. The predicted octanol–water partition coefficient (Wildman–Crippen LogP) is 3.70. The van der Waals surface area contributed by atoms with E-state index in [1.54, 1.807) is 0 Å². The molecular weight excluding hydrogens is 240 g/mol. The highest BCUT2D eigenvalue weighted by molar-refractivity contribution is 9.10. The third kappa shape index (κ3) is 2.38. The molecule has 1 aromatic rings. The maximum Gasteiger partial charge on any atom is 0.128 e. The van der Waals surface area contributed by atoms with Gasteiger partial charge in [-0.3, -0.25) is 4.68 Å². The molecule has 1 heterocycles. The van der Waals surface area contributed by atoms with Gasteiger partial charge in [0.1, 0.15) is 4.60 Å². The van der Waals surface area contributed by atoms with Gasteiger partial charge in [0.15, 0.2) is 0 Å². The number of rotatable bonds is 0. The maximum atomic E-state index is 4.48. The Morgan fingerprint density at radius 1 is 1.14 bits per heavy atom. The summed E-state index contributed by atoms with van der Waals surface area (Å²) in [6.07, 6.45) is 0. The third-order valence-corrected chi connectivity index (χ3v) is 2.47. The molecule has 0 atom stereocenters. The first-order valence-electron chi connectivity index (χ1n) is 4.89. The van der Waals surface area contributed by atoms with Crippen molar-refractivity contribution >= 4 is 15.9 Å². The average Bonchev–Trinajstić information content (AvgIpc) is 2.27. The summed E-state index contributed by atoms with van der Waals surface area (Å²) in [5.41, 5.74) is 1.43. The van der Waals surface area contributed by atoms with Crippen LogP contribution in [0.3, 0.4) is 0 Å². The first-order chi connectivity index (χ1) is 6.12. The van der Waals surface area contributed by atoms with E-state index in [4.69, 9.17) is 0 Å². The third-order valence-electron chi connectivity index (χ3n) is 2.08. The van der Waals surface area contributed by atoms with Gasteiger partial charge >= 0.3 is 0 Å². The molecular formula is C11H19BrN2. The monoisotopic (exact) mass is 258 g/mol. The molecule has 0 N–H and O–H groups in total. The Labute approximate surface area is 94.8 Å². The van der Waals surface area contributed by atoms with Gasteiger partial charge in [0.05, 0.1) is 5.54 Å². The zero-order valence-electron chi connectivity index (χ0n) is 9.85. The molecule has 0 saturated carbocycles. The van der Waals surface area contributed by atoms with Crippen LogP contribution in [0, 0.1) is 0 Å². The van der Waals surface area contributed by atoms with Crippen LogP contribution in [0.2, 0.25) is 0 Å². The van der Waals surface area contributed by atoms with Crippen molar-refractivity contribution in [2.75, 3.05) is 0 Å². The van der Waals surface area contributed by atoms with Gasteiger partial charge in [0, 0.05) is 11.1 Å². The molecule has 1 rings (SSSR count). The van der Waals surface area contributed by atoms with E-state index in [0.29, 0.717) is 0 Å². The summed E-state index contributed by atoms with van der Waals surface area (Å²) in [6, 6.07) is 2.10. The van der Waals surface area contributed by atoms with Crippen molar-refractivity contribution in [1.82, 2.24) is 9.78 Å². The number of aromatic nitrogens is 2. The minimum Gasteiger partial charge on any atom is -0.263 e. The van der Waals surface area contributed by atoms with Crippen LogP contribution in [0.1, 0.15) is 47.2 Å². The van der Waals surface area contributed by atoms with Gasteiger partial charge in [-0.2, -0.15) is 5.10 Å². The highest BCUT2D eigenvalue weighted by Gasteiger charge is 2.26. The van der Waals surface area contributed by atoms with E-state index in [1.165, 1.54) is 5.69 Å². The summed E-state index contributed by atoms with van der Waals surface area (Å²) in [4.78, 5) is 0. The molecule has 0 fully saturated rings. The van der Waals surface area contributed by atoms with Crippen LogP contribution in [0.25, 0.3) is 0 Å². The second-order valence-electron chi connectivity index (χ2n) is 5.68. The quantitative estimate of drug-likeness (QED) is 0.694. The summed E-state index contributed by atoms with van der Waals surface area (Å²) < 4.78 is 3.01. The molecule has 3 heteroatoms. The number of hydrogen-bond acceptors (Lipinski definition) is 1. The van der Waals surface area contributed by atoms with Gasteiger partial charge in [-0.1, -0.05) is 20.8 Å². The molecule has 0 bridgehead atoms. The molecule has 0 aliphatic carbocycles. The van der Waals surface area contributed by atoms with Crippen molar-refractivity contribution < 1.29 is 0 Å². The highest BCUT2D eigenvalue weighted by Crippen LogP contribution is 2.29. The van der Waals surface area contributed by atoms with E-state index in [9.17, 15) is 0 Å². The van der Waals surface area contributed by atoms with E-state index in [2.05, 4.69) is 73.3 Å². The Kier molecular flexibility index (Phi) is 2.83. The zero-order valence-corrected chi connectivity index (χ0v) is 11.4. The Hall–Kier alpha value is -0.310. The fraction of sp³-hybridized carbons (Fsp3) is 0.727. The van der Waals surface area contributed by atoms with Crippen LogP contribution < -0.4 is 0 Å². The molecule has 2 nitrogen and oxygen atoms in total. The molecule has 0 aromatic carbocycles. The molecule has 0 unspecified atom stereocenters. The Balaban J connectivity index is 3.31. The molecule has 14 heavy (non-hydrogen) atoms. The van der Waals surface area contributed by atoms with Gasteiger partial charge in [-0.05, 0) is 42.8 Å². The maximum absolute atomic E-state index is 4.48. The van der Waals surface area contributed by atoms with E-state index in [1.807, 2.05) is 0 Å².